The molecule has 0 aromatic heterocycles. The first kappa shape index (κ1) is 99.9. The number of aliphatic hydroxyl groups is 11. The number of hydrogen-bond donors (Lipinski definition) is 12. The van der Waals surface area contributed by atoms with E-state index >= 15 is 0 Å². The number of unbranched alkanes of at least 4 members (excludes halogenated alkanes) is 29. The normalized spacial score (nSPS) is 25.9. The molecule has 17 atom stereocenters. The van der Waals surface area contributed by atoms with Crippen LogP contribution in [0.4, 0.5) is 0 Å². The first-order valence-electron chi connectivity index (χ1n) is 43.1. The number of carbonyl (C=O) groups is 1. The van der Waals surface area contributed by atoms with E-state index < -0.39 is 131 Å². The molecule has 19 heteroatoms. The number of aliphatic hydroxyl groups excluding tert-OH is 11. The van der Waals surface area contributed by atoms with E-state index in [0.717, 1.165) is 96.3 Å². The number of ether oxygens (including phenoxy) is 6. The summed E-state index contributed by atoms with van der Waals surface area (Å²) in [6.45, 7) is 1.59. The first-order valence-corrected chi connectivity index (χ1v) is 43.1. The van der Waals surface area contributed by atoms with Gasteiger partial charge in [-0.3, -0.25) is 4.79 Å². The minimum absolute atomic E-state index is 0.170. The Morgan fingerprint density at radius 1 is 0.336 bits per heavy atom. The fourth-order valence-corrected chi connectivity index (χ4v) is 13.5. The van der Waals surface area contributed by atoms with Crippen LogP contribution in [0.5, 0.6) is 0 Å². The number of allylic oxidation sites excluding steroid dienone is 23. The lowest BCUT2D eigenvalue weighted by molar-refractivity contribution is -0.379. The van der Waals surface area contributed by atoms with Crippen LogP contribution in [0.2, 0.25) is 0 Å². The number of carbonyl (C=O) groups excluding carboxylic acids is 1. The van der Waals surface area contributed by atoms with E-state index in [9.17, 15) is 61.0 Å². The Kier molecular flexibility index (Phi) is 62.7. The fourth-order valence-electron chi connectivity index (χ4n) is 13.5. The topological polar surface area (TPSA) is 307 Å². The molecule has 3 aliphatic heterocycles. The molecule has 17 unspecified atom stereocenters. The number of hydrogen-bond acceptors (Lipinski definition) is 18. The van der Waals surface area contributed by atoms with Crippen LogP contribution >= 0.6 is 0 Å². The SMILES string of the molecule is CC/C=C\C/C=C\C/C=C\C/C=C\C/C=C\C/C=C\C/C=C\C/C=C\C/C=C\C/C=C\CCCCC(=O)NC(COC1OC(CO)C(OC2OC(CO)C(OC3OC(CO)C(O)C(O)C3O)C(O)C2O)C(O)C1O)C(O)/C=C/CC/C=C/CCCCCCCCCCCCCCCCCCCCCCCCCCCC. The van der Waals surface area contributed by atoms with Gasteiger partial charge in [-0.05, 0) is 109 Å². The van der Waals surface area contributed by atoms with Crippen LogP contribution in [0, 0.1) is 0 Å². The van der Waals surface area contributed by atoms with E-state index in [1.54, 1.807) is 6.08 Å². The van der Waals surface area contributed by atoms with Crippen molar-refractivity contribution in [3.8, 4) is 0 Å². The third kappa shape index (κ3) is 47.5. The minimum Gasteiger partial charge on any atom is -0.394 e. The predicted octanol–water partition coefficient (Wildman–Crippen LogP) is 15.8. The molecule has 1 amide bonds. The van der Waals surface area contributed by atoms with E-state index in [2.05, 4.69) is 153 Å². The summed E-state index contributed by atoms with van der Waals surface area (Å²) in [5.41, 5.74) is 0. The van der Waals surface area contributed by atoms with Crippen LogP contribution in [-0.2, 0) is 33.2 Å². The van der Waals surface area contributed by atoms with Gasteiger partial charge in [0.2, 0.25) is 5.91 Å². The van der Waals surface area contributed by atoms with Crippen molar-refractivity contribution in [2.75, 3.05) is 26.4 Å². The van der Waals surface area contributed by atoms with Gasteiger partial charge in [0.05, 0.1) is 38.6 Å². The molecule has 630 valence electrons. The zero-order valence-electron chi connectivity index (χ0n) is 67.7. The molecule has 0 aliphatic carbocycles. The van der Waals surface area contributed by atoms with E-state index in [0.29, 0.717) is 12.8 Å². The molecule has 3 fully saturated rings. The number of amides is 1. The zero-order chi connectivity index (χ0) is 79.5. The average molecular weight is 1550 g/mol. The summed E-state index contributed by atoms with van der Waals surface area (Å²) < 4.78 is 34.4. The smallest absolute Gasteiger partial charge is 0.220 e. The molecule has 0 aromatic rings. The van der Waals surface area contributed by atoms with E-state index in [4.69, 9.17) is 28.4 Å². The van der Waals surface area contributed by atoms with Gasteiger partial charge in [-0.15, -0.1) is 0 Å². The Labute approximate surface area is 663 Å². The van der Waals surface area contributed by atoms with Gasteiger partial charge in [-0.25, -0.2) is 0 Å². The Hall–Kier alpha value is -4.33. The fraction of sp³-hybridized carbons (Fsp3) is 0.725. The van der Waals surface area contributed by atoms with Crippen LogP contribution in [-0.4, -0.2) is 193 Å². The van der Waals surface area contributed by atoms with Gasteiger partial charge in [-0.2, -0.15) is 0 Å². The predicted molar refractivity (Wildman–Crippen MR) is 442 cm³/mol. The molecule has 0 spiro atoms. The molecule has 12 N–H and O–H groups in total. The highest BCUT2D eigenvalue weighted by atomic mass is 16.8. The van der Waals surface area contributed by atoms with E-state index in [-0.39, 0.29) is 12.3 Å². The van der Waals surface area contributed by atoms with Gasteiger partial charge in [0.1, 0.15) is 73.2 Å². The molecule has 3 rings (SSSR count). The zero-order valence-corrected chi connectivity index (χ0v) is 67.7. The van der Waals surface area contributed by atoms with Gasteiger partial charge in [0, 0.05) is 6.42 Å². The summed E-state index contributed by atoms with van der Waals surface area (Å²) in [6, 6.07) is -1.03. The third-order valence-corrected chi connectivity index (χ3v) is 20.4. The van der Waals surface area contributed by atoms with E-state index in [1.807, 2.05) is 6.08 Å². The van der Waals surface area contributed by atoms with Crippen LogP contribution in [0.15, 0.2) is 146 Å². The van der Waals surface area contributed by atoms with Crippen molar-refractivity contribution < 1.29 is 89.4 Å². The van der Waals surface area contributed by atoms with Crippen LogP contribution in [0.25, 0.3) is 0 Å². The molecule has 0 radical (unpaired) electrons. The van der Waals surface area contributed by atoms with Gasteiger partial charge < -0.3 is 89.9 Å². The highest BCUT2D eigenvalue weighted by molar-refractivity contribution is 5.76. The molecule has 3 aliphatic rings. The summed E-state index contributed by atoms with van der Waals surface area (Å²) in [5.74, 6) is -0.331. The van der Waals surface area contributed by atoms with Crippen LogP contribution in [0.1, 0.15) is 290 Å². The van der Waals surface area contributed by atoms with Gasteiger partial charge >= 0.3 is 0 Å². The van der Waals surface area contributed by atoms with Crippen LogP contribution < -0.4 is 5.32 Å². The summed E-state index contributed by atoms with van der Waals surface area (Å²) in [7, 11) is 0. The Bertz CT molecular complexity index is 2560. The summed E-state index contributed by atoms with van der Waals surface area (Å²) in [6.07, 6.45) is 74.2. The first-order chi connectivity index (χ1) is 53.8. The van der Waals surface area contributed by atoms with Crippen molar-refractivity contribution in [1.29, 1.82) is 0 Å². The van der Waals surface area contributed by atoms with Crippen molar-refractivity contribution in [3.05, 3.63) is 146 Å². The number of nitrogens with one attached hydrogen (secondary N) is 1. The van der Waals surface area contributed by atoms with E-state index in [1.165, 1.54) is 161 Å². The standard InChI is InChI=1S/C91H153NO18/c1-3-5-7-9-11-13-15-17-19-21-23-25-27-29-31-33-35-37-39-41-43-45-47-49-51-53-55-57-59-61-63-65-67-69-79(97)92-74(75(96)68-66-64-62-60-58-56-54-52-50-48-46-44-42-40-38-36-34-32-30-28-26-24-22-20-18-16-14-12-10-8-6-4-2)73-105-89-85(103)82(100)87(77(71-94)107-89)110-91-86(104)83(101)88(78(72-95)108-91)109-90-84(102)81(99)80(98)76(70-93)106-90/h5,7,11,13,17,19,23,25,29,31,35,37,41,43,47,49,53,55,58-61,66,68,74-78,80-91,93-96,98-104H,3-4,6,8-10,12,14-16,18,20-22,24,26-28,30,32-34,36,38-40,42,44-46,48,50-52,54,56-57,62-65,67,69-73H2,1-2H3,(H,92,97)/b7-5-,13-11-,19-17-,25-23-,31-29-,37-35-,43-41-,49-47-,55-53-,60-58+,61-59-,68-66+. The Balaban J connectivity index is 1.39. The maximum absolute atomic E-state index is 13.5. The van der Waals surface area contributed by atoms with Gasteiger partial charge in [0.15, 0.2) is 18.9 Å². The summed E-state index contributed by atoms with van der Waals surface area (Å²) >= 11 is 0. The lowest BCUT2D eigenvalue weighted by Gasteiger charge is -2.48. The maximum Gasteiger partial charge on any atom is 0.220 e. The molecule has 3 heterocycles. The highest BCUT2D eigenvalue weighted by Crippen LogP contribution is 2.33. The Morgan fingerprint density at radius 3 is 1.02 bits per heavy atom. The lowest BCUT2D eigenvalue weighted by atomic mass is 9.96. The lowest BCUT2D eigenvalue weighted by Crippen LogP contribution is -2.66. The highest BCUT2D eigenvalue weighted by Gasteiger charge is 2.54. The van der Waals surface area contributed by atoms with Gasteiger partial charge in [-0.1, -0.05) is 320 Å². The van der Waals surface area contributed by atoms with Crippen molar-refractivity contribution >= 4 is 5.91 Å². The van der Waals surface area contributed by atoms with Crippen molar-refractivity contribution in [3.63, 3.8) is 0 Å². The molecule has 0 saturated carbocycles. The number of rotatable bonds is 67. The quantitative estimate of drug-likeness (QED) is 0.0199. The largest absolute Gasteiger partial charge is 0.394 e. The van der Waals surface area contributed by atoms with Crippen molar-refractivity contribution in [2.45, 2.75) is 394 Å². The molecule has 3 saturated heterocycles. The van der Waals surface area contributed by atoms with Crippen LogP contribution in [0.3, 0.4) is 0 Å². The average Bonchev–Trinajstić information content (AvgIpc) is 0.780. The second kappa shape index (κ2) is 69.0. The third-order valence-electron chi connectivity index (χ3n) is 20.4. The monoisotopic (exact) mass is 1550 g/mol. The molecule has 19 nitrogen and oxygen atoms in total. The van der Waals surface area contributed by atoms with Crippen molar-refractivity contribution in [1.82, 2.24) is 5.32 Å². The molecule has 0 aromatic carbocycles. The molecular formula is C91H153NO18. The summed E-state index contributed by atoms with van der Waals surface area (Å²) in [5, 5.41) is 121. The van der Waals surface area contributed by atoms with Gasteiger partial charge in [0.25, 0.3) is 0 Å². The second-order valence-electron chi connectivity index (χ2n) is 29.9. The Morgan fingerprint density at radius 2 is 0.636 bits per heavy atom. The second-order valence-corrected chi connectivity index (χ2v) is 29.9. The molecular weight excluding hydrogens is 1390 g/mol. The van der Waals surface area contributed by atoms with Crippen molar-refractivity contribution in [2.24, 2.45) is 0 Å². The minimum atomic E-state index is -1.99. The molecule has 110 heavy (non-hydrogen) atoms. The maximum atomic E-state index is 13.5. The molecule has 0 bridgehead atoms. The summed E-state index contributed by atoms with van der Waals surface area (Å²) in [4.78, 5) is 13.5.